The topological polar surface area (TPSA) is 63.0 Å². The maximum absolute atomic E-state index is 9.93. The maximum Gasteiger partial charge on any atom is 0.163 e. The van der Waals surface area contributed by atoms with Gasteiger partial charge in [0.15, 0.2) is 5.65 Å². The van der Waals surface area contributed by atoms with Crippen molar-refractivity contribution in [2.75, 3.05) is 5.32 Å². The highest BCUT2D eigenvalue weighted by Gasteiger charge is 2.17. The number of aromatic hydroxyl groups is 1. The molecule has 0 spiro atoms. The molecule has 0 amide bonds. The fraction of sp³-hybridized carbons (Fsp3) is 0.200. The quantitative estimate of drug-likeness (QED) is 0.644. The van der Waals surface area contributed by atoms with Crippen LogP contribution in [0.2, 0.25) is 5.15 Å². The third kappa shape index (κ3) is 2.32. The van der Waals surface area contributed by atoms with E-state index in [9.17, 15) is 5.11 Å². The van der Waals surface area contributed by atoms with E-state index in [4.69, 9.17) is 11.6 Å². The second kappa shape index (κ2) is 5.44. The van der Waals surface area contributed by atoms with Crippen molar-refractivity contribution in [3.63, 3.8) is 0 Å². The van der Waals surface area contributed by atoms with Crippen molar-refractivity contribution < 1.29 is 5.11 Å². The molecular formula is C15H14BrClN4O. The van der Waals surface area contributed by atoms with Gasteiger partial charge in [0.05, 0.1) is 16.5 Å². The highest BCUT2D eigenvalue weighted by Crippen LogP contribution is 2.39. The second-order valence-electron chi connectivity index (χ2n) is 5.15. The van der Waals surface area contributed by atoms with E-state index in [1.807, 2.05) is 27.0 Å². The minimum absolute atomic E-state index is 0.238. The van der Waals surface area contributed by atoms with Crippen molar-refractivity contribution in [3.8, 4) is 5.75 Å². The minimum atomic E-state index is 0.238. The summed E-state index contributed by atoms with van der Waals surface area (Å²) < 4.78 is 2.45. The Morgan fingerprint density at radius 2 is 2.00 bits per heavy atom. The van der Waals surface area contributed by atoms with Crippen LogP contribution in [0.3, 0.4) is 0 Å². The number of phenols is 1. The molecule has 0 aliphatic carbocycles. The average Bonchev–Trinajstić information content (AvgIpc) is 2.84. The van der Waals surface area contributed by atoms with Crippen LogP contribution < -0.4 is 5.32 Å². The number of aromatic nitrogens is 3. The molecule has 1 aromatic carbocycles. The minimum Gasteiger partial charge on any atom is -0.508 e. The van der Waals surface area contributed by atoms with Gasteiger partial charge in [-0.15, -0.1) is 0 Å². The maximum atomic E-state index is 9.93. The summed E-state index contributed by atoms with van der Waals surface area (Å²) in [6, 6.07) is 3.54. The van der Waals surface area contributed by atoms with E-state index < -0.39 is 0 Å². The molecule has 2 heterocycles. The number of benzene rings is 1. The van der Waals surface area contributed by atoms with E-state index in [1.54, 1.807) is 17.0 Å². The molecule has 0 unspecified atom stereocenters. The monoisotopic (exact) mass is 380 g/mol. The Kier molecular flexibility index (Phi) is 3.74. The zero-order valence-corrected chi connectivity index (χ0v) is 14.6. The smallest absolute Gasteiger partial charge is 0.163 e. The summed E-state index contributed by atoms with van der Waals surface area (Å²) in [6.45, 7) is 3.83. The van der Waals surface area contributed by atoms with Crippen LogP contribution in [0.1, 0.15) is 11.1 Å². The Hall–Kier alpha value is -1.79. The van der Waals surface area contributed by atoms with Gasteiger partial charge >= 0.3 is 0 Å². The molecule has 5 nitrogen and oxygen atoms in total. The van der Waals surface area contributed by atoms with Gasteiger partial charge in [0.1, 0.15) is 16.4 Å². The number of phenolic OH excluding ortho intramolecular Hbond substituents is 1. The van der Waals surface area contributed by atoms with E-state index in [0.717, 1.165) is 22.5 Å². The molecule has 0 saturated carbocycles. The van der Waals surface area contributed by atoms with Crippen molar-refractivity contribution in [1.29, 1.82) is 0 Å². The summed E-state index contributed by atoms with van der Waals surface area (Å²) in [5.74, 6) is 0.238. The number of fused-ring (bicyclic) bond motifs is 1. The molecule has 22 heavy (non-hydrogen) atoms. The predicted octanol–water partition coefficient (Wildman–Crippen LogP) is 4.45. The molecule has 2 N–H and O–H groups in total. The van der Waals surface area contributed by atoms with Crippen LogP contribution in [0, 0.1) is 13.8 Å². The average molecular weight is 382 g/mol. The van der Waals surface area contributed by atoms with Gasteiger partial charge in [-0.25, -0.2) is 9.97 Å². The first-order valence-electron chi connectivity index (χ1n) is 6.62. The van der Waals surface area contributed by atoms with Crippen molar-refractivity contribution in [2.45, 2.75) is 13.8 Å². The number of nitrogens with zero attached hydrogens (tertiary/aromatic N) is 3. The first-order valence-corrected chi connectivity index (χ1v) is 7.79. The molecule has 0 atom stereocenters. The van der Waals surface area contributed by atoms with E-state index in [1.165, 1.54) is 0 Å². The molecule has 3 rings (SSSR count). The van der Waals surface area contributed by atoms with Gasteiger partial charge in [0.2, 0.25) is 0 Å². The van der Waals surface area contributed by atoms with Gasteiger partial charge in [0.25, 0.3) is 0 Å². The standard InChI is InChI=1S/C15H14BrClN4O/c1-7-4-5-9(22)8(2)11(7)19-12-10(16)14(17)20-15-13(12)18-6-21(15)3/h4-6,22H,1-3H3,(H,19,20). The van der Waals surface area contributed by atoms with Gasteiger partial charge < -0.3 is 15.0 Å². The summed E-state index contributed by atoms with van der Waals surface area (Å²) in [5.41, 5.74) is 4.73. The Morgan fingerprint density at radius 1 is 1.27 bits per heavy atom. The van der Waals surface area contributed by atoms with Crippen LogP contribution in [0.4, 0.5) is 11.4 Å². The molecule has 2 aromatic heterocycles. The number of imidazole rings is 1. The van der Waals surface area contributed by atoms with Gasteiger partial charge in [-0.05, 0) is 41.4 Å². The lowest BCUT2D eigenvalue weighted by molar-refractivity contribution is 0.471. The zero-order valence-electron chi connectivity index (χ0n) is 12.3. The number of hydrogen-bond donors (Lipinski definition) is 2. The third-order valence-electron chi connectivity index (χ3n) is 3.64. The number of hydrogen-bond acceptors (Lipinski definition) is 4. The zero-order chi connectivity index (χ0) is 16.0. The largest absolute Gasteiger partial charge is 0.508 e. The van der Waals surface area contributed by atoms with Gasteiger partial charge in [0, 0.05) is 18.3 Å². The molecule has 0 bridgehead atoms. The summed E-state index contributed by atoms with van der Waals surface area (Å²) in [4.78, 5) is 8.71. The van der Waals surface area contributed by atoms with Crippen LogP contribution in [0.15, 0.2) is 22.9 Å². The third-order valence-corrected chi connectivity index (χ3v) is 4.92. The number of nitrogens with one attached hydrogen (secondary N) is 1. The van der Waals surface area contributed by atoms with Crippen LogP contribution in [0.25, 0.3) is 11.2 Å². The number of halogens is 2. The Labute approximate surface area is 141 Å². The normalized spacial score (nSPS) is 11.1. The molecule has 0 fully saturated rings. The van der Waals surface area contributed by atoms with Gasteiger partial charge in [-0.2, -0.15) is 0 Å². The van der Waals surface area contributed by atoms with E-state index in [2.05, 4.69) is 31.2 Å². The summed E-state index contributed by atoms with van der Waals surface area (Å²) in [6.07, 6.45) is 1.69. The number of aryl methyl sites for hydroxylation is 2. The Bertz CT molecular complexity index is 891. The van der Waals surface area contributed by atoms with Crippen molar-refractivity contribution >= 4 is 50.1 Å². The van der Waals surface area contributed by atoms with Crippen LogP contribution in [-0.2, 0) is 7.05 Å². The van der Waals surface area contributed by atoms with Crippen molar-refractivity contribution in [2.24, 2.45) is 7.05 Å². The summed E-state index contributed by atoms with van der Waals surface area (Å²) >= 11 is 9.68. The number of anilines is 2. The molecule has 114 valence electrons. The lowest BCUT2D eigenvalue weighted by Gasteiger charge is -2.16. The molecule has 0 aliphatic rings. The lowest BCUT2D eigenvalue weighted by Crippen LogP contribution is -2.00. The molecule has 7 heteroatoms. The second-order valence-corrected chi connectivity index (χ2v) is 6.30. The lowest BCUT2D eigenvalue weighted by atomic mass is 10.1. The van der Waals surface area contributed by atoms with Crippen molar-refractivity contribution in [1.82, 2.24) is 14.5 Å². The number of rotatable bonds is 2. The highest BCUT2D eigenvalue weighted by atomic mass is 79.9. The molecule has 0 aliphatic heterocycles. The van der Waals surface area contributed by atoms with E-state index in [-0.39, 0.29) is 5.75 Å². The summed E-state index contributed by atoms with van der Waals surface area (Å²) in [5, 5.41) is 13.6. The van der Waals surface area contributed by atoms with Crippen LogP contribution in [0.5, 0.6) is 5.75 Å². The fourth-order valence-electron chi connectivity index (χ4n) is 2.35. The van der Waals surface area contributed by atoms with Crippen molar-refractivity contribution in [3.05, 3.63) is 39.2 Å². The van der Waals surface area contributed by atoms with E-state index in [0.29, 0.717) is 20.8 Å². The first kappa shape index (κ1) is 15.1. The molecular weight excluding hydrogens is 368 g/mol. The molecule has 3 aromatic rings. The van der Waals surface area contributed by atoms with E-state index >= 15 is 0 Å². The van der Waals surface area contributed by atoms with Gasteiger partial charge in [-0.3, -0.25) is 0 Å². The van der Waals surface area contributed by atoms with Gasteiger partial charge in [-0.1, -0.05) is 17.7 Å². The highest BCUT2D eigenvalue weighted by molar-refractivity contribution is 9.10. The Morgan fingerprint density at radius 3 is 2.73 bits per heavy atom. The summed E-state index contributed by atoms with van der Waals surface area (Å²) in [7, 11) is 1.86. The fourth-order valence-corrected chi connectivity index (χ4v) is 2.90. The number of pyridine rings is 1. The SMILES string of the molecule is Cc1ccc(O)c(C)c1Nc1c(Br)c(Cl)nc2c1ncn2C. The van der Waals surface area contributed by atoms with Crippen LogP contribution >= 0.6 is 27.5 Å². The van der Waals surface area contributed by atoms with Crippen LogP contribution in [-0.4, -0.2) is 19.6 Å². The predicted molar refractivity (Wildman–Crippen MR) is 92.1 cm³/mol. The first-order chi connectivity index (χ1) is 10.4. The Balaban J connectivity index is 2.24. The molecule has 0 saturated heterocycles. The molecule has 0 radical (unpaired) electrons.